The minimum absolute atomic E-state index is 0.0211. The normalized spacial score (nSPS) is 14.0. The van der Waals surface area contributed by atoms with Crippen molar-refractivity contribution in [3.8, 4) is 34.1 Å². The Labute approximate surface area is 153 Å². The van der Waals surface area contributed by atoms with Crippen molar-refractivity contribution >= 4 is 16.7 Å². The first kappa shape index (κ1) is 15.8. The molecule has 0 aliphatic carbocycles. The second kappa shape index (κ2) is 5.78. The van der Waals surface area contributed by atoms with Crippen LogP contribution in [-0.4, -0.2) is 29.8 Å². The minimum Gasteiger partial charge on any atom is -0.478 e. The first-order valence-corrected chi connectivity index (χ1v) is 8.29. The van der Waals surface area contributed by atoms with E-state index in [2.05, 4.69) is 0 Å². The number of carbonyl (C=O) groups is 1. The van der Waals surface area contributed by atoms with Crippen LogP contribution in [0.15, 0.2) is 36.4 Å². The van der Waals surface area contributed by atoms with Crippen molar-refractivity contribution in [3.05, 3.63) is 47.5 Å². The zero-order valence-electron chi connectivity index (χ0n) is 14.0. The highest BCUT2D eigenvalue weighted by Gasteiger charge is 2.27. The van der Waals surface area contributed by atoms with Crippen LogP contribution in [0.5, 0.6) is 23.0 Å². The lowest BCUT2D eigenvalue weighted by Gasteiger charge is -2.16. The van der Waals surface area contributed by atoms with Gasteiger partial charge in [0.1, 0.15) is 0 Å². The summed E-state index contributed by atoms with van der Waals surface area (Å²) >= 11 is 0. The summed E-state index contributed by atoms with van der Waals surface area (Å²) in [7, 11) is 0. The van der Waals surface area contributed by atoms with Gasteiger partial charge in [-0.2, -0.15) is 0 Å². The fraction of sp³-hybridized carbons (Fsp3) is 0.150. The number of ether oxygens (including phenoxy) is 4. The maximum atomic E-state index is 12.1. The Bertz CT molecular complexity index is 1100. The summed E-state index contributed by atoms with van der Waals surface area (Å²) < 4.78 is 21.9. The third-order valence-corrected chi connectivity index (χ3v) is 4.77. The molecule has 0 amide bonds. The molecule has 0 unspecified atom stereocenters. The second-order valence-electron chi connectivity index (χ2n) is 6.21. The number of hydrogen-bond acceptors (Lipinski definition) is 6. The SMILES string of the molecule is O=C(O)c1c(CO)cc2ccc3c(c2c1-c1ccc2c(c1)OCO2)OCO3. The van der Waals surface area contributed by atoms with Gasteiger partial charge in [-0.25, -0.2) is 4.79 Å². The molecule has 2 heterocycles. The molecule has 136 valence electrons. The fourth-order valence-electron chi connectivity index (χ4n) is 3.62. The number of rotatable bonds is 3. The van der Waals surface area contributed by atoms with E-state index in [0.717, 1.165) is 5.39 Å². The molecule has 2 aliphatic heterocycles. The van der Waals surface area contributed by atoms with Crippen molar-refractivity contribution in [2.24, 2.45) is 0 Å². The van der Waals surface area contributed by atoms with E-state index in [1.807, 2.05) is 6.07 Å². The monoisotopic (exact) mass is 366 g/mol. The van der Waals surface area contributed by atoms with Crippen LogP contribution in [-0.2, 0) is 6.61 Å². The van der Waals surface area contributed by atoms with Gasteiger partial charge >= 0.3 is 5.97 Å². The van der Waals surface area contributed by atoms with Crippen molar-refractivity contribution in [2.75, 3.05) is 13.6 Å². The first-order chi connectivity index (χ1) is 13.2. The summed E-state index contributed by atoms with van der Waals surface area (Å²) in [5, 5.41) is 21.1. The predicted octanol–water partition coefficient (Wildman–Crippen LogP) is 3.15. The Hall–Kier alpha value is -3.45. The van der Waals surface area contributed by atoms with Gasteiger partial charge < -0.3 is 29.2 Å². The summed E-state index contributed by atoms with van der Waals surface area (Å²) in [6.45, 7) is -0.211. The fourth-order valence-corrected chi connectivity index (χ4v) is 3.62. The summed E-state index contributed by atoms with van der Waals surface area (Å²) in [6, 6.07) is 10.5. The molecule has 0 bridgehead atoms. The average molecular weight is 366 g/mol. The number of aliphatic hydroxyl groups is 1. The molecule has 2 aliphatic rings. The molecular formula is C20H14O7. The van der Waals surface area contributed by atoms with Crippen LogP contribution < -0.4 is 18.9 Å². The van der Waals surface area contributed by atoms with Crippen molar-refractivity contribution < 1.29 is 34.0 Å². The van der Waals surface area contributed by atoms with Crippen LogP contribution in [0.1, 0.15) is 15.9 Å². The van der Waals surface area contributed by atoms with Gasteiger partial charge in [0.25, 0.3) is 0 Å². The van der Waals surface area contributed by atoms with Crippen LogP contribution in [0, 0.1) is 0 Å². The highest BCUT2D eigenvalue weighted by atomic mass is 16.7. The summed E-state index contributed by atoms with van der Waals surface area (Å²) in [6.07, 6.45) is 0. The number of hydrogen-bond donors (Lipinski definition) is 2. The highest BCUT2D eigenvalue weighted by molar-refractivity contribution is 6.12. The molecular weight excluding hydrogens is 352 g/mol. The Morgan fingerprint density at radius 3 is 2.48 bits per heavy atom. The molecule has 7 nitrogen and oxygen atoms in total. The van der Waals surface area contributed by atoms with E-state index in [-0.39, 0.29) is 19.1 Å². The smallest absolute Gasteiger partial charge is 0.336 e. The lowest BCUT2D eigenvalue weighted by molar-refractivity contribution is 0.0694. The zero-order valence-corrected chi connectivity index (χ0v) is 14.0. The van der Waals surface area contributed by atoms with E-state index in [4.69, 9.17) is 18.9 Å². The van der Waals surface area contributed by atoms with Crippen LogP contribution in [0.2, 0.25) is 0 Å². The molecule has 0 fully saturated rings. The molecule has 7 heteroatoms. The molecule has 0 radical (unpaired) electrons. The number of aromatic carboxylic acids is 1. The van der Waals surface area contributed by atoms with Crippen LogP contribution in [0.3, 0.4) is 0 Å². The molecule has 0 saturated carbocycles. The number of carboxylic acid groups (broad SMARTS) is 1. The van der Waals surface area contributed by atoms with E-state index in [1.165, 1.54) is 0 Å². The maximum Gasteiger partial charge on any atom is 0.336 e. The topological polar surface area (TPSA) is 94.5 Å². The summed E-state index contributed by atoms with van der Waals surface area (Å²) in [5.74, 6) is 1.05. The van der Waals surface area contributed by atoms with Gasteiger partial charge in [0.2, 0.25) is 13.6 Å². The van der Waals surface area contributed by atoms with Crippen molar-refractivity contribution in [3.63, 3.8) is 0 Å². The van der Waals surface area contributed by atoms with Crippen LogP contribution >= 0.6 is 0 Å². The third kappa shape index (κ3) is 2.29. The number of aliphatic hydroxyl groups excluding tert-OH is 1. The maximum absolute atomic E-state index is 12.1. The zero-order chi connectivity index (χ0) is 18.5. The van der Waals surface area contributed by atoms with Gasteiger partial charge in [0.05, 0.1) is 12.2 Å². The Morgan fingerprint density at radius 1 is 0.926 bits per heavy atom. The van der Waals surface area contributed by atoms with Gasteiger partial charge in [-0.3, -0.25) is 0 Å². The molecule has 0 aromatic heterocycles. The van der Waals surface area contributed by atoms with E-state index in [0.29, 0.717) is 45.1 Å². The van der Waals surface area contributed by atoms with Gasteiger partial charge in [0.15, 0.2) is 23.0 Å². The molecule has 2 N–H and O–H groups in total. The predicted molar refractivity (Wildman–Crippen MR) is 94.5 cm³/mol. The molecule has 27 heavy (non-hydrogen) atoms. The highest BCUT2D eigenvalue weighted by Crippen LogP contribution is 2.47. The first-order valence-electron chi connectivity index (χ1n) is 8.29. The molecule has 3 aromatic rings. The quantitative estimate of drug-likeness (QED) is 0.735. The van der Waals surface area contributed by atoms with E-state index in [9.17, 15) is 15.0 Å². The van der Waals surface area contributed by atoms with Crippen molar-refractivity contribution in [1.82, 2.24) is 0 Å². The van der Waals surface area contributed by atoms with Crippen molar-refractivity contribution in [2.45, 2.75) is 6.61 Å². The Balaban J connectivity index is 1.92. The van der Waals surface area contributed by atoms with Crippen LogP contribution in [0.4, 0.5) is 0 Å². The van der Waals surface area contributed by atoms with E-state index in [1.54, 1.807) is 30.3 Å². The Kier molecular flexibility index (Phi) is 3.38. The van der Waals surface area contributed by atoms with Crippen molar-refractivity contribution in [1.29, 1.82) is 0 Å². The minimum atomic E-state index is -1.13. The molecule has 0 atom stereocenters. The van der Waals surface area contributed by atoms with Gasteiger partial charge in [-0.15, -0.1) is 0 Å². The standard InChI is InChI=1S/C20H14O7/c21-7-12-5-10-2-4-14-19(27-9-25-14)17(10)16(18(12)20(22)23)11-1-3-13-15(6-11)26-8-24-13/h1-6,21H,7-9H2,(H,22,23). The summed E-state index contributed by atoms with van der Waals surface area (Å²) in [5.41, 5.74) is 1.42. The van der Waals surface area contributed by atoms with Gasteiger partial charge in [0, 0.05) is 10.9 Å². The van der Waals surface area contributed by atoms with E-state index < -0.39 is 12.6 Å². The Morgan fingerprint density at radius 2 is 1.67 bits per heavy atom. The second-order valence-corrected chi connectivity index (χ2v) is 6.21. The van der Waals surface area contributed by atoms with Gasteiger partial charge in [-0.05, 0) is 40.8 Å². The lowest BCUT2D eigenvalue weighted by atomic mass is 9.89. The average Bonchev–Trinajstić information content (AvgIpc) is 3.34. The molecule has 5 rings (SSSR count). The van der Waals surface area contributed by atoms with Crippen LogP contribution in [0.25, 0.3) is 21.9 Å². The number of fused-ring (bicyclic) bond motifs is 4. The summed E-state index contributed by atoms with van der Waals surface area (Å²) in [4.78, 5) is 12.1. The molecule has 0 spiro atoms. The number of benzene rings is 3. The lowest BCUT2D eigenvalue weighted by Crippen LogP contribution is -2.06. The van der Waals surface area contributed by atoms with Gasteiger partial charge in [-0.1, -0.05) is 12.1 Å². The third-order valence-electron chi connectivity index (χ3n) is 4.77. The number of carboxylic acids is 1. The largest absolute Gasteiger partial charge is 0.478 e. The molecule has 0 saturated heterocycles. The van der Waals surface area contributed by atoms with E-state index >= 15 is 0 Å². The molecule has 3 aromatic carbocycles.